The Morgan fingerprint density at radius 2 is 1.78 bits per heavy atom. The number of carbonyl (C=O) groups excluding carboxylic acids is 1. The molecule has 4 heteroatoms. The van der Waals surface area contributed by atoms with Crippen LogP contribution in [0.3, 0.4) is 0 Å². The van der Waals surface area contributed by atoms with E-state index in [4.69, 9.17) is 5.73 Å². The third-order valence-electron chi connectivity index (χ3n) is 4.47. The fraction of sp³-hybridized carbons (Fsp3) is 0.929. The highest BCUT2D eigenvalue weighted by atomic mass is 16.2. The van der Waals surface area contributed by atoms with E-state index in [1.54, 1.807) is 0 Å². The molecule has 18 heavy (non-hydrogen) atoms. The molecule has 0 bridgehead atoms. The van der Waals surface area contributed by atoms with Gasteiger partial charge in [-0.3, -0.25) is 0 Å². The molecule has 0 radical (unpaired) electrons. The third-order valence-corrected chi connectivity index (χ3v) is 4.47. The van der Waals surface area contributed by atoms with Gasteiger partial charge in [0, 0.05) is 24.7 Å². The maximum Gasteiger partial charge on any atom is 0.317 e. The minimum atomic E-state index is 0.143. The van der Waals surface area contributed by atoms with Crippen molar-refractivity contribution in [3.05, 3.63) is 0 Å². The van der Waals surface area contributed by atoms with Crippen LogP contribution in [0, 0.1) is 0 Å². The lowest BCUT2D eigenvalue weighted by atomic mass is 9.91. The molecule has 0 aromatic rings. The standard InChI is InChI=1S/C14H27N3O/c1-2-17(13-9-7-11(15)8-10-13)14(18)16-12-5-3-4-6-12/h11-13H,2-10,15H2,1H3,(H,16,18). The van der Waals surface area contributed by atoms with E-state index in [0.29, 0.717) is 18.1 Å². The van der Waals surface area contributed by atoms with Crippen LogP contribution in [-0.4, -0.2) is 35.6 Å². The molecule has 2 amide bonds. The van der Waals surface area contributed by atoms with Gasteiger partial charge >= 0.3 is 6.03 Å². The monoisotopic (exact) mass is 253 g/mol. The summed E-state index contributed by atoms with van der Waals surface area (Å²) in [6, 6.07) is 1.30. The van der Waals surface area contributed by atoms with E-state index in [1.807, 2.05) is 4.90 Å². The van der Waals surface area contributed by atoms with Crippen LogP contribution in [-0.2, 0) is 0 Å². The Labute approximate surface area is 110 Å². The van der Waals surface area contributed by atoms with E-state index in [9.17, 15) is 4.79 Å². The molecule has 0 unspecified atom stereocenters. The molecular weight excluding hydrogens is 226 g/mol. The van der Waals surface area contributed by atoms with Gasteiger partial charge in [-0.05, 0) is 45.4 Å². The number of nitrogens with two attached hydrogens (primary N) is 1. The van der Waals surface area contributed by atoms with Crippen molar-refractivity contribution in [2.24, 2.45) is 5.73 Å². The summed E-state index contributed by atoms with van der Waals surface area (Å²) in [7, 11) is 0. The first-order valence-corrected chi connectivity index (χ1v) is 7.53. The molecule has 0 aliphatic heterocycles. The average Bonchev–Trinajstić information content (AvgIpc) is 2.85. The van der Waals surface area contributed by atoms with E-state index < -0.39 is 0 Å². The third kappa shape index (κ3) is 3.37. The van der Waals surface area contributed by atoms with E-state index in [-0.39, 0.29) is 6.03 Å². The Bertz CT molecular complexity index is 268. The average molecular weight is 253 g/mol. The largest absolute Gasteiger partial charge is 0.335 e. The fourth-order valence-electron chi connectivity index (χ4n) is 3.31. The van der Waals surface area contributed by atoms with Gasteiger partial charge in [-0.1, -0.05) is 12.8 Å². The van der Waals surface area contributed by atoms with Crippen molar-refractivity contribution in [3.8, 4) is 0 Å². The summed E-state index contributed by atoms with van der Waals surface area (Å²) < 4.78 is 0. The Hall–Kier alpha value is -0.770. The zero-order valence-corrected chi connectivity index (χ0v) is 11.5. The Balaban J connectivity index is 1.84. The normalized spacial score (nSPS) is 29.2. The van der Waals surface area contributed by atoms with Crippen molar-refractivity contribution in [2.75, 3.05) is 6.54 Å². The lowest BCUT2D eigenvalue weighted by Crippen LogP contribution is -2.50. The van der Waals surface area contributed by atoms with Gasteiger partial charge in [0.2, 0.25) is 0 Å². The van der Waals surface area contributed by atoms with E-state index in [0.717, 1.165) is 45.1 Å². The summed E-state index contributed by atoms with van der Waals surface area (Å²) in [6.45, 7) is 2.88. The topological polar surface area (TPSA) is 58.4 Å². The zero-order chi connectivity index (χ0) is 13.0. The Morgan fingerprint density at radius 3 is 2.33 bits per heavy atom. The van der Waals surface area contributed by atoms with Crippen molar-refractivity contribution in [3.63, 3.8) is 0 Å². The van der Waals surface area contributed by atoms with Crippen molar-refractivity contribution in [2.45, 2.75) is 76.4 Å². The maximum atomic E-state index is 12.3. The number of carbonyl (C=O) groups is 1. The molecular formula is C14H27N3O. The molecule has 3 N–H and O–H groups in total. The van der Waals surface area contributed by atoms with Gasteiger partial charge in [0.05, 0.1) is 0 Å². The first-order chi connectivity index (χ1) is 8.70. The van der Waals surface area contributed by atoms with Crippen molar-refractivity contribution in [1.82, 2.24) is 10.2 Å². The van der Waals surface area contributed by atoms with Crippen LogP contribution >= 0.6 is 0 Å². The Kier molecular flexibility index (Phi) is 4.87. The number of nitrogens with one attached hydrogen (secondary N) is 1. The van der Waals surface area contributed by atoms with Crippen LogP contribution in [0.5, 0.6) is 0 Å². The van der Waals surface area contributed by atoms with Gasteiger partial charge in [-0.2, -0.15) is 0 Å². The lowest BCUT2D eigenvalue weighted by molar-refractivity contribution is 0.153. The first-order valence-electron chi connectivity index (χ1n) is 7.53. The van der Waals surface area contributed by atoms with Gasteiger partial charge in [-0.15, -0.1) is 0 Å². The molecule has 2 aliphatic carbocycles. The van der Waals surface area contributed by atoms with Crippen molar-refractivity contribution >= 4 is 6.03 Å². The highest BCUT2D eigenvalue weighted by Crippen LogP contribution is 2.23. The number of nitrogens with zero attached hydrogens (tertiary/aromatic N) is 1. The van der Waals surface area contributed by atoms with Gasteiger partial charge in [0.25, 0.3) is 0 Å². The number of rotatable bonds is 3. The smallest absolute Gasteiger partial charge is 0.317 e. The summed E-state index contributed by atoms with van der Waals surface area (Å²) in [6.07, 6.45) is 9.05. The van der Waals surface area contributed by atoms with Crippen LogP contribution in [0.4, 0.5) is 4.79 Å². The predicted octanol–water partition coefficient (Wildman–Crippen LogP) is 2.23. The molecule has 2 rings (SSSR count). The molecule has 0 heterocycles. The highest BCUT2D eigenvalue weighted by Gasteiger charge is 2.28. The summed E-state index contributed by atoms with van der Waals surface area (Å²) in [5.74, 6) is 0. The van der Waals surface area contributed by atoms with E-state index >= 15 is 0 Å². The second kappa shape index (κ2) is 6.41. The summed E-state index contributed by atoms with van der Waals surface area (Å²) in [4.78, 5) is 14.3. The number of hydrogen-bond acceptors (Lipinski definition) is 2. The minimum Gasteiger partial charge on any atom is -0.335 e. The SMILES string of the molecule is CCN(C(=O)NC1CCCC1)C1CCC(N)CC1. The van der Waals surface area contributed by atoms with Crippen molar-refractivity contribution in [1.29, 1.82) is 0 Å². The molecule has 0 saturated heterocycles. The lowest BCUT2D eigenvalue weighted by Gasteiger charge is -2.36. The summed E-state index contributed by atoms with van der Waals surface area (Å²) in [5.41, 5.74) is 5.93. The second-order valence-electron chi connectivity index (χ2n) is 5.79. The molecule has 2 saturated carbocycles. The molecule has 0 aromatic heterocycles. The predicted molar refractivity (Wildman–Crippen MR) is 73.4 cm³/mol. The van der Waals surface area contributed by atoms with Crippen LogP contribution in [0.1, 0.15) is 58.3 Å². The molecule has 104 valence electrons. The zero-order valence-electron chi connectivity index (χ0n) is 11.5. The van der Waals surface area contributed by atoms with Crippen LogP contribution in [0.15, 0.2) is 0 Å². The van der Waals surface area contributed by atoms with Gasteiger partial charge < -0.3 is 16.0 Å². The quantitative estimate of drug-likeness (QED) is 0.810. The second-order valence-corrected chi connectivity index (χ2v) is 5.79. The van der Waals surface area contributed by atoms with Crippen LogP contribution in [0.25, 0.3) is 0 Å². The fourth-order valence-corrected chi connectivity index (χ4v) is 3.31. The minimum absolute atomic E-state index is 0.143. The molecule has 0 aromatic carbocycles. The van der Waals surface area contributed by atoms with E-state index in [1.165, 1.54) is 12.8 Å². The van der Waals surface area contributed by atoms with Gasteiger partial charge in [0.15, 0.2) is 0 Å². The number of hydrogen-bond donors (Lipinski definition) is 2. The summed E-state index contributed by atoms with van der Waals surface area (Å²) >= 11 is 0. The number of urea groups is 1. The van der Waals surface area contributed by atoms with Crippen LogP contribution in [0.2, 0.25) is 0 Å². The molecule has 0 spiro atoms. The van der Waals surface area contributed by atoms with E-state index in [2.05, 4.69) is 12.2 Å². The molecule has 2 fully saturated rings. The maximum absolute atomic E-state index is 12.3. The van der Waals surface area contributed by atoms with Crippen LogP contribution < -0.4 is 11.1 Å². The molecule has 0 atom stereocenters. The first kappa shape index (κ1) is 13.7. The number of amides is 2. The summed E-state index contributed by atoms with van der Waals surface area (Å²) in [5, 5.41) is 3.19. The van der Waals surface area contributed by atoms with Gasteiger partial charge in [0.1, 0.15) is 0 Å². The van der Waals surface area contributed by atoms with Gasteiger partial charge in [-0.25, -0.2) is 4.79 Å². The Morgan fingerprint density at radius 1 is 1.17 bits per heavy atom. The highest BCUT2D eigenvalue weighted by molar-refractivity contribution is 5.74. The molecule has 4 nitrogen and oxygen atoms in total. The molecule has 2 aliphatic rings. The van der Waals surface area contributed by atoms with Crippen molar-refractivity contribution < 1.29 is 4.79 Å².